The first kappa shape index (κ1) is 13.8. The van der Waals surface area contributed by atoms with Crippen LogP contribution < -0.4 is 0 Å². The summed E-state index contributed by atoms with van der Waals surface area (Å²) in [7, 11) is 0. The second-order valence-corrected chi connectivity index (χ2v) is 4.86. The molecule has 0 fully saturated rings. The predicted octanol–water partition coefficient (Wildman–Crippen LogP) is 5.26. The van der Waals surface area contributed by atoms with Crippen LogP contribution in [0.3, 0.4) is 0 Å². The Kier molecular flexibility index (Phi) is 6.14. The molecule has 0 spiro atoms. The van der Waals surface area contributed by atoms with Gasteiger partial charge in [-0.25, -0.2) is 0 Å². The minimum Gasteiger partial charge on any atom is -0.143 e. The van der Waals surface area contributed by atoms with Gasteiger partial charge in [-0.2, -0.15) is 0 Å². The zero-order valence-corrected chi connectivity index (χ0v) is 11.6. The van der Waals surface area contributed by atoms with Gasteiger partial charge in [0.15, 0.2) is 0 Å². The first-order valence-electron chi connectivity index (χ1n) is 4.47. The Bertz CT molecular complexity index is 338. The van der Waals surface area contributed by atoms with Gasteiger partial charge in [0.25, 0.3) is 0 Å². The van der Waals surface area contributed by atoms with Gasteiger partial charge in [0.1, 0.15) is 0 Å². The molecule has 4 heteroatoms. The molecular formula is C12H10Cl2S2. The first-order chi connectivity index (χ1) is 7.58. The predicted molar refractivity (Wildman–Crippen MR) is 77.4 cm³/mol. The van der Waals surface area contributed by atoms with Gasteiger partial charge >= 0.3 is 0 Å². The summed E-state index contributed by atoms with van der Waals surface area (Å²) >= 11 is 19.3. The fourth-order valence-electron chi connectivity index (χ4n) is 0.882. The molecule has 2 rings (SSSR count). The van der Waals surface area contributed by atoms with E-state index in [0.717, 1.165) is 19.8 Å². The van der Waals surface area contributed by atoms with Crippen molar-refractivity contribution < 1.29 is 0 Å². The Morgan fingerprint density at radius 1 is 0.562 bits per heavy atom. The number of hydrogen-bond donors (Lipinski definition) is 2. The Labute approximate surface area is 116 Å². The lowest BCUT2D eigenvalue weighted by molar-refractivity contribution is 1.48. The van der Waals surface area contributed by atoms with Crippen LogP contribution in [0.2, 0.25) is 10.0 Å². The Morgan fingerprint density at radius 3 is 1.00 bits per heavy atom. The molecule has 0 nitrogen and oxygen atoms in total. The van der Waals surface area contributed by atoms with Crippen molar-refractivity contribution in [2.75, 3.05) is 0 Å². The minimum atomic E-state index is 0.753. The monoisotopic (exact) mass is 288 g/mol. The van der Waals surface area contributed by atoms with Crippen LogP contribution in [0.4, 0.5) is 0 Å². The van der Waals surface area contributed by atoms with E-state index < -0.39 is 0 Å². The van der Waals surface area contributed by atoms with E-state index in [1.807, 2.05) is 48.5 Å². The van der Waals surface area contributed by atoms with Crippen molar-refractivity contribution in [3.05, 3.63) is 58.6 Å². The molecule has 0 unspecified atom stereocenters. The fraction of sp³-hybridized carbons (Fsp3) is 0. The van der Waals surface area contributed by atoms with Crippen LogP contribution in [-0.2, 0) is 0 Å². The minimum absolute atomic E-state index is 0.753. The van der Waals surface area contributed by atoms with Crippen LogP contribution in [0.15, 0.2) is 58.3 Å². The summed E-state index contributed by atoms with van der Waals surface area (Å²) in [6.45, 7) is 0. The van der Waals surface area contributed by atoms with Gasteiger partial charge in [0, 0.05) is 19.8 Å². The van der Waals surface area contributed by atoms with Crippen LogP contribution in [0.1, 0.15) is 0 Å². The lowest BCUT2D eigenvalue weighted by Gasteiger charge is -1.87. The quantitative estimate of drug-likeness (QED) is 0.607. The number of rotatable bonds is 0. The Morgan fingerprint density at radius 2 is 0.812 bits per heavy atom. The molecule has 0 aliphatic carbocycles. The molecule has 0 heterocycles. The maximum atomic E-state index is 5.58. The van der Waals surface area contributed by atoms with Crippen molar-refractivity contribution in [1.29, 1.82) is 0 Å². The highest BCUT2D eigenvalue weighted by Crippen LogP contribution is 2.11. The zero-order valence-electron chi connectivity index (χ0n) is 8.27. The van der Waals surface area contributed by atoms with E-state index >= 15 is 0 Å². The van der Waals surface area contributed by atoms with Crippen molar-refractivity contribution in [2.24, 2.45) is 0 Å². The van der Waals surface area contributed by atoms with Crippen LogP contribution in [0, 0.1) is 0 Å². The molecule has 0 radical (unpaired) electrons. The first-order valence-corrected chi connectivity index (χ1v) is 6.12. The van der Waals surface area contributed by atoms with Crippen molar-refractivity contribution in [2.45, 2.75) is 9.79 Å². The zero-order chi connectivity index (χ0) is 12.0. The summed E-state index contributed by atoms with van der Waals surface area (Å²) in [5.41, 5.74) is 0. The largest absolute Gasteiger partial charge is 0.143 e. The Hall–Kier alpha value is -0.280. The van der Waals surface area contributed by atoms with E-state index in [0.29, 0.717) is 0 Å². The summed E-state index contributed by atoms with van der Waals surface area (Å²) < 4.78 is 0. The van der Waals surface area contributed by atoms with Crippen LogP contribution in [0.5, 0.6) is 0 Å². The third-order valence-electron chi connectivity index (χ3n) is 1.65. The van der Waals surface area contributed by atoms with Crippen molar-refractivity contribution in [3.63, 3.8) is 0 Å². The molecule has 2 aromatic carbocycles. The molecule has 84 valence electrons. The molecule has 2 aromatic rings. The van der Waals surface area contributed by atoms with E-state index in [2.05, 4.69) is 25.3 Å². The number of thiol groups is 2. The second-order valence-electron chi connectivity index (χ2n) is 2.95. The molecule has 0 amide bonds. The molecule has 0 aliphatic heterocycles. The van der Waals surface area contributed by atoms with E-state index in [9.17, 15) is 0 Å². The smallest absolute Gasteiger partial charge is 0.0406 e. The maximum Gasteiger partial charge on any atom is 0.0406 e. The number of halogens is 2. The average Bonchev–Trinajstić information content (AvgIpc) is 2.28. The summed E-state index contributed by atoms with van der Waals surface area (Å²) in [6, 6.07) is 14.6. The second kappa shape index (κ2) is 7.13. The van der Waals surface area contributed by atoms with E-state index in [1.54, 1.807) is 0 Å². The van der Waals surface area contributed by atoms with Gasteiger partial charge in [-0.3, -0.25) is 0 Å². The highest BCUT2D eigenvalue weighted by Gasteiger charge is 1.83. The number of benzene rings is 2. The van der Waals surface area contributed by atoms with Crippen molar-refractivity contribution in [3.8, 4) is 0 Å². The topological polar surface area (TPSA) is 0 Å². The third kappa shape index (κ3) is 5.71. The lowest BCUT2D eigenvalue weighted by Crippen LogP contribution is -1.61. The molecule has 0 aliphatic rings. The molecule has 0 atom stereocenters. The van der Waals surface area contributed by atoms with E-state index in [1.165, 1.54) is 0 Å². The SMILES string of the molecule is Sc1ccc(Cl)cc1.Sc1ccc(Cl)cc1. The van der Waals surface area contributed by atoms with Crippen LogP contribution in [-0.4, -0.2) is 0 Å². The Balaban J connectivity index is 0.000000160. The molecule has 0 N–H and O–H groups in total. The van der Waals surface area contributed by atoms with E-state index in [-0.39, 0.29) is 0 Å². The van der Waals surface area contributed by atoms with Crippen LogP contribution >= 0.6 is 48.5 Å². The molecule has 0 saturated heterocycles. The average molecular weight is 289 g/mol. The maximum absolute atomic E-state index is 5.58. The highest BCUT2D eigenvalue weighted by molar-refractivity contribution is 7.80. The normalized spacial score (nSPS) is 9.25. The summed E-state index contributed by atoms with van der Waals surface area (Å²) in [5.74, 6) is 0. The molecular weight excluding hydrogens is 279 g/mol. The van der Waals surface area contributed by atoms with Crippen LogP contribution in [0.25, 0.3) is 0 Å². The summed E-state index contributed by atoms with van der Waals surface area (Å²) in [5, 5.41) is 1.51. The van der Waals surface area contributed by atoms with Gasteiger partial charge in [-0.1, -0.05) is 23.2 Å². The van der Waals surface area contributed by atoms with Gasteiger partial charge in [0.05, 0.1) is 0 Å². The molecule has 0 aromatic heterocycles. The highest BCUT2D eigenvalue weighted by atomic mass is 35.5. The summed E-state index contributed by atoms with van der Waals surface area (Å²) in [6.07, 6.45) is 0. The fourth-order valence-corrected chi connectivity index (χ4v) is 1.43. The lowest BCUT2D eigenvalue weighted by atomic mass is 10.4. The standard InChI is InChI=1S/2C6H5ClS/c2*7-5-1-3-6(8)4-2-5/h2*1-4,8H. The van der Waals surface area contributed by atoms with Gasteiger partial charge < -0.3 is 0 Å². The van der Waals surface area contributed by atoms with Gasteiger partial charge in [0.2, 0.25) is 0 Å². The van der Waals surface area contributed by atoms with Gasteiger partial charge in [-0.15, -0.1) is 25.3 Å². The third-order valence-corrected chi connectivity index (χ3v) is 2.75. The molecule has 0 saturated carbocycles. The van der Waals surface area contributed by atoms with Crippen molar-refractivity contribution in [1.82, 2.24) is 0 Å². The summed E-state index contributed by atoms with van der Waals surface area (Å²) in [4.78, 5) is 1.88. The molecule has 16 heavy (non-hydrogen) atoms. The molecule has 0 bridgehead atoms. The number of hydrogen-bond acceptors (Lipinski definition) is 2. The van der Waals surface area contributed by atoms with E-state index in [4.69, 9.17) is 23.2 Å². The van der Waals surface area contributed by atoms with Gasteiger partial charge in [-0.05, 0) is 48.5 Å². The van der Waals surface area contributed by atoms with Crippen molar-refractivity contribution >= 4 is 48.5 Å².